The molecule has 30 heavy (non-hydrogen) atoms. The number of amides is 1. The Morgan fingerprint density at radius 2 is 1.87 bits per heavy atom. The van der Waals surface area contributed by atoms with Gasteiger partial charge in [-0.15, -0.1) is 0 Å². The van der Waals surface area contributed by atoms with Crippen molar-refractivity contribution in [2.24, 2.45) is 0 Å². The summed E-state index contributed by atoms with van der Waals surface area (Å²) in [6.07, 6.45) is 1.81. The molecular formula is C22H18N6OS. The van der Waals surface area contributed by atoms with Crippen molar-refractivity contribution in [2.75, 3.05) is 11.5 Å². The van der Waals surface area contributed by atoms with Gasteiger partial charge in [0.25, 0.3) is 5.91 Å². The highest BCUT2D eigenvalue weighted by molar-refractivity contribution is 7.22. The average molecular weight is 414 g/mol. The Balaban J connectivity index is 1.44. The number of thiazole rings is 1. The fourth-order valence-corrected chi connectivity index (χ4v) is 4.24. The summed E-state index contributed by atoms with van der Waals surface area (Å²) in [6.45, 7) is 0.384. The molecule has 0 atom stereocenters. The van der Waals surface area contributed by atoms with Crippen LogP contribution in [0.25, 0.3) is 27.1 Å². The molecule has 0 radical (unpaired) electrons. The fourth-order valence-electron chi connectivity index (χ4n) is 3.45. The molecule has 0 saturated carbocycles. The lowest BCUT2D eigenvalue weighted by Crippen LogP contribution is -2.23. The Kier molecular flexibility index (Phi) is 4.33. The molecule has 0 fully saturated rings. The van der Waals surface area contributed by atoms with E-state index in [9.17, 15) is 4.79 Å². The SMILES string of the molecule is Nc1nc2ccc(CNC(=O)c3cccn4c(N)c(-c5ccccc5)nc34)cc2s1. The molecule has 3 aromatic heterocycles. The number of carbonyl (C=O) groups excluding carboxylic acids is 1. The number of aromatic nitrogens is 3. The monoisotopic (exact) mass is 414 g/mol. The first-order valence-corrected chi connectivity index (χ1v) is 10.2. The Morgan fingerprint density at radius 1 is 1.03 bits per heavy atom. The number of anilines is 2. The lowest BCUT2D eigenvalue weighted by atomic mass is 10.1. The number of nitrogens with zero attached hydrogens (tertiary/aromatic N) is 3. The number of benzene rings is 2. The first-order valence-electron chi connectivity index (χ1n) is 9.35. The Morgan fingerprint density at radius 3 is 2.70 bits per heavy atom. The average Bonchev–Trinajstić information content (AvgIpc) is 3.31. The van der Waals surface area contributed by atoms with E-state index in [2.05, 4.69) is 15.3 Å². The summed E-state index contributed by atoms with van der Waals surface area (Å²) in [5.41, 5.74) is 16.5. The van der Waals surface area contributed by atoms with Crippen LogP contribution in [0, 0.1) is 0 Å². The van der Waals surface area contributed by atoms with Gasteiger partial charge in [-0.25, -0.2) is 9.97 Å². The van der Waals surface area contributed by atoms with Crippen LogP contribution in [0.4, 0.5) is 10.9 Å². The minimum Gasteiger partial charge on any atom is -0.383 e. The van der Waals surface area contributed by atoms with Gasteiger partial charge in [0.15, 0.2) is 10.8 Å². The van der Waals surface area contributed by atoms with Gasteiger partial charge in [0.2, 0.25) is 0 Å². The van der Waals surface area contributed by atoms with Gasteiger partial charge in [-0.3, -0.25) is 9.20 Å². The van der Waals surface area contributed by atoms with Gasteiger partial charge in [0.1, 0.15) is 11.5 Å². The highest BCUT2D eigenvalue weighted by atomic mass is 32.1. The molecule has 0 bridgehead atoms. The van der Waals surface area contributed by atoms with Crippen LogP contribution in [-0.2, 0) is 6.54 Å². The number of rotatable bonds is 4. The van der Waals surface area contributed by atoms with Crippen LogP contribution in [-0.4, -0.2) is 20.3 Å². The lowest BCUT2D eigenvalue weighted by Gasteiger charge is -2.07. The van der Waals surface area contributed by atoms with Crippen LogP contribution < -0.4 is 16.8 Å². The predicted octanol–water partition coefficient (Wildman–Crippen LogP) is 3.71. The molecule has 8 heteroatoms. The molecule has 5 rings (SSSR count). The maximum absolute atomic E-state index is 12.9. The highest BCUT2D eigenvalue weighted by Crippen LogP contribution is 2.28. The number of carbonyl (C=O) groups is 1. The third kappa shape index (κ3) is 3.13. The van der Waals surface area contributed by atoms with Crippen molar-refractivity contribution < 1.29 is 4.79 Å². The molecular weight excluding hydrogens is 396 g/mol. The zero-order valence-corrected chi connectivity index (χ0v) is 16.7. The van der Waals surface area contributed by atoms with Crippen LogP contribution in [0.1, 0.15) is 15.9 Å². The maximum atomic E-state index is 12.9. The number of hydrogen-bond donors (Lipinski definition) is 3. The summed E-state index contributed by atoms with van der Waals surface area (Å²) in [5, 5.41) is 3.50. The molecule has 0 spiro atoms. The van der Waals surface area contributed by atoms with E-state index in [-0.39, 0.29) is 5.91 Å². The molecule has 0 aliphatic heterocycles. The molecule has 5 N–H and O–H groups in total. The van der Waals surface area contributed by atoms with E-state index >= 15 is 0 Å². The number of pyridine rings is 1. The number of nitrogens with two attached hydrogens (primary N) is 2. The molecule has 3 heterocycles. The summed E-state index contributed by atoms with van der Waals surface area (Å²) in [5.74, 6) is 0.285. The highest BCUT2D eigenvalue weighted by Gasteiger charge is 2.17. The lowest BCUT2D eigenvalue weighted by molar-refractivity contribution is 0.0952. The zero-order valence-electron chi connectivity index (χ0n) is 15.9. The van der Waals surface area contributed by atoms with E-state index in [1.165, 1.54) is 11.3 Å². The third-order valence-corrected chi connectivity index (χ3v) is 5.75. The van der Waals surface area contributed by atoms with Crippen LogP contribution in [0.3, 0.4) is 0 Å². The van der Waals surface area contributed by atoms with E-state index in [0.29, 0.717) is 34.4 Å². The van der Waals surface area contributed by atoms with E-state index in [1.807, 2.05) is 54.7 Å². The van der Waals surface area contributed by atoms with Crippen LogP contribution in [0.5, 0.6) is 0 Å². The Labute approximate surface area is 176 Å². The summed E-state index contributed by atoms with van der Waals surface area (Å²) in [4.78, 5) is 21.8. The van der Waals surface area contributed by atoms with Gasteiger partial charge >= 0.3 is 0 Å². The first-order chi connectivity index (χ1) is 14.6. The van der Waals surface area contributed by atoms with Gasteiger partial charge in [-0.05, 0) is 29.8 Å². The standard InChI is InChI=1S/C22H18N6OS/c23-19-18(14-5-2-1-3-6-14)27-20-15(7-4-10-28(19)20)21(29)25-12-13-8-9-16-17(11-13)30-22(24)26-16/h1-11H,12,23H2,(H2,24,26)(H,25,29). The number of hydrogen-bond acceptors (Lipinski definition) is 6. The smallest absolute Gasteiger partial charge is 0.255 e. The van der Waals surface area contributed by atoms with Gasteiger partial charge in [-0.2, -0.15) is 0 Å². The summed E-state index contributed by atoms with van der Waals surface area (Å²) in [7, 11) is 0. The van der Waals surface area contributed by atoms with Gasteiger partial charge in [-0.1, -0.05) is 47.7 Å². The van der Waals surface area contributed by atoms with E-state index in [1.54, 1.807) is 16.5 Å². The van der Waals surface area contributed by atoms with Crippen LogP contribution in [0.15, 0.2) is 66.9 Å². The molecule has 0 saturated heterocycles. The number of fused-ring (bicyclic) bond motifs is 2. The van der Waals surface area contributed by atoms with Crippen molar-refractivity contribution in [1.82, 2.24) is 19.7 Å². The zero-order chi connectivity index (χ0) is 20.7. The van der Waals surface area contributed by atoms with Crippen molar-refractivity contribution in [2.45, 2.75) is 6.54 Å². The maximum Gasteiger partial charge on any atom is 0.255 e. The van der Waals surface area contributed by atoms with Gasteiger partial charge in [0.05, 0.1) is 15.8 Å². The van der Waals surface area contributed by atoms with E-state index in [4.69, 9.17) is 11.5 Å². The van der Waals surface area contributed by atoms with Gasteiger partial charge < -0.3 is 16.8 Å². The van der Waals surface area contributed by atoms with Crippen molar-refractivity contribution in [3.05, 3.63) is 78.0 Å². The fraction of sp³-hybridized carbons (Fsp3) is 0.0455. The minimum atomic E-state index is -0.214. The second-order valence-corrected chi connectivity index (χ2v) is 7.93. The van der Waals surface area contributed by atoms with E-state index in [0.717, 1.165) is 21.3 Å². The molecule has 148 valence electrons. The summed E-state index contributed by atoms with van der Waals surface area (Å²) < 4.78 is 2.73. The largest absolute Gasteiger partial charge is 0.383 e. The number of nitrogen functional groups attached to an aromatic ring is 2. The summed E-state index contributed by atoms with van der Waals surface area (Å²) >= 11 is 1.43. The molecule has 0 aliphatic rings. The predicted molar refractivity (Wildman–Crippen MR) is 120 cm³/mol. The third-order valence-electron chi connectivity index (χ3n) is 4.90. The van der Waals surface area contributed by atoms with E-state index < -0.39 is 0 Å². The molecule has 7 nitrogen and oxygen atoms in total. The Bertz CT molecular complexity index is 1390. The molecule has 2 aromatic carbocycles. The van der Waals surface area contributed by atoms with Gasteiger partial charge in [0, 0.05) is 18.3 Å². The molecule has 1 amide bonds. The minimum absolute atomic E-state index is 0.214. The number of imidazole rings is 1. The molecule has 0 unspecified atom stereocenters. The summed E-state index contributed by atoms with van der Waals surface area (Å²) in [6, 6.07) is 19.1. The molecule has 5 aromatic rings. The normalized spacial score (nSPS) is 11.2. The quantitative estimate of drug-likeness (QED) is 0.415. The first kappa shape index (κ1) is 18.1. The van der Waals surface area contributed by atoms with Crippen molar-refractivity contribution >= 4 is 44.1 Å². The van der Waals surface area contributed by atoms with Crippen molar-refractivity contribution in [3.8, 4) is 11.3 Å². The topological polar surface area (TPSA) is 111 Å². The second kappa shape index (κ2) is 7.16. The van der Waals surface area contributed by atoms with Crippen LogP contribution in [0.2, 0.25) is 0 Å². The molecule has 0 aliphatic carbocycles. The number of nitrogens with one attached hydrogen (secondary N) is 1. The van der Waals surface area contributed by atoms with Crippen molar-refractivity contribution in [1.29, 1.82) is 0 Å². The van der Waals surface area contributed by atoms with Crippen LogP contribution >= 0.6 is 11.3 Å². The second-order valence-electron chi connectivity index (χ2n) is 6.86. The van der Waals surface area contributed by atoms with Crippen molar-refractivity contribution in [3.63, 3.8) is 0 Å². The Hall–Kier alpha value is -3.91.